The number of aliphatic hydroxyl groups excluding tert-OH is 1. The summed E-state index contributed by atoms with van der Waals surface area (Å²) in [6.45, 7) is 2.29. The molecule has 0 heterocycles. The van der Waals surface area contributed by atoms with Crippen molar-refractivity contribution in [3.05, 3.63) is 12.2 Å². The second-order valence-electron chi connectivity index (χ2n) is 4.83. The number of aliphatic hydroxyl groups is 1. The molecule has 0 aromatic rings. The Bertz CT molecular complexity index is 198. The highest BCUT2D eigenvalue weighted by Gasteiger charge is 2.21. The molecule has 0 aliphatic heterocycles. The Kier molecular flexibility index (Phi) is 11.4. The second kappa shape index (κ2) is 11.7. The molecular formula is C15H30O3. The largest absolute Gasteiger partial charge is 0.396 e. The van der Waals surface area contributed by atoms with Gasteiger partial charge in [0.1, 0.15) is 0 Å². The van der Waals surface area contributed by atoms with Crippen LogP contribution in [0.15, 0.2) is 12.2 Å². The zero-order valence-electron chi connectivity index (χ0n) is 12.3. The lowest BCUT2D eigenvalue weighted by atomic mass is 10.1. The molecule has 18 heavy (non-hydrogen) atoms. The van der Waals surface area contributed by atoms with Crippen LogP contribution in [0.3, 0.4) is 0 Å². The number of ether oxygens (including phenoxy) is 2. The van der Waals surface area contributed by atoms with E-state index < -0.39 is 5.79 Å². The standard InChI is InChI=1S/C15H30O3/c1-15(17-2,18-3)13-11-9-7-5-4-6-8-10-12-14-16/h4,6,16H,5,7-14H2,1-3H3/b6-4-. The van der Waals surface area contributed by atoms with E-state index in [9.17, 15) is 0 Å². The molecule has 108 valence electrons. The third-order valence-corrected chi connectivity index (χ3v) is 3.31. The molecule has 0 spiro atoms. The van der Waals surface area contributed by atoms with Gasteiger partial charge < -0.3 is 14.6 Å². The van der Waals surface area contributed by atoms with Crippen LogP contribution in [0.5, 0.6) is 0 Å². The summed E-state index contributed by atoms with van der Waals surface area (Å²) in [6, 6.07) is 0. The van der Waals surface area contributed by atoms with Gasteiger partial charge in [0.05, 0.1) is 0 Å². The van der Waals surface area contributed by atoms with Crippen LogP contribution in [0.2, 0.25) is 0 Å². The quantitative estimate of drug-likeness (QED) is 0.330. The highest BCUT2D eigenvalue weighted by molar-refractivity contribution is 4.81. The molecule has 0 atom stereocenters. The van der Waals surface area contributed by atoms with Crippen molar-refractivity contribution in [2.45, 2.75) is 64.1 Å². The first-order valence-electron chi connectivity index (χ1n) is 7.04. The molecule has 0 bridgehead atoms. The van der Waals surface area contributed by atoms with Gasteiger partial charge in [-0.05, 0) is 45.4 Å². The van der Waals surface area contributed by atoms with E-state index in [0.717, 1.165) is 38.5 Å². The zero-order chi connectivity index (χ0) is 13.7. The first kappa shape index (κ1) is 17.6. The monoisotopic (exact) mass is 258 g/mol. The van der Waals surface area contributed by atoms with Gasteiger partial charge in [0.2, 0.25) is 0 Å². The van der Waals surface area contributed by atoms with Crippen molar-refractivity contribution < 1.29 is 14.6 Å². The third-order valence-electron chi connectivity index (χ3n) is 3.31. The molecule has 0 aliphatic rings. The molecule has 3 nitrogen and oxygen atoms in total. The molecule has 0 radical (unpaired) electrons. The predicted octanol–water partition coefficient (Wildman–Crippen LogP) is 3.66. The average molecular weight is 258 g/mol. The first-order chi connectivity index (χ1) is 8.68. The number of rotatable bonds is 12. The van der Waals surface area contributed by atoms with E-state index in [1.54, 1.807) is 14.2 Å². The summed E-state index contributed by atoms with van der Waals surface area (Å²) in [4.78, 5) is 0. The minimum atomic E-state index is -0.417. The first-order valence-corrected chi connectivity index (χ1v) is 7.04. The Morgan fingerprint density at radius 2 is 1.44 bits per heavy atom. The van der Waals surface area contributed by atoms with Crippen molar-refractivity contribution in [3.8, 4) is 0 Å². The van der Waals surface area contributed by atoms with Crippen LogP contribution >= 0.6 is 0 Å². The molecule has 0 aromatic carbocycles. The summed E-state index contributed by atoms with van der Waals surface area (Å²) < 4.78 is 10.6. The summed E-state index contributed by atoms with van der Waals surface area (Å²) in [5.41, 5.74) is 0. The fourth-order valence-corrected chi connectivity index (χ4v) is 1.78. The Hall–Kier alpha value is -0.380. The number of hydrogen-bond donors (Lipinski definition) is 1. The van der Waals surface area contributed by atoms with E-state index in [4.69, 9.17) is 14.6 Å². The Morgan fingerprint density at radius 3 is 1.94 bits per heavy atom. The van der Waals surface area contributed by atoms with Crippen LogP contribution in [-0.2, 0) is 9.47 Å². The van der Waals surface area contributed by atoms with Crippen LogP contribution in [-0.4, -0.2) is 31.7 Å². The van der Waals surface area contributed by atoms with Gasteiger partial charge in [0.15, 0.2) is 5.79 Å². The zero-order valence-corrected chi connectivity index (χ0v) is 12.3. The van der Waals surface area contributed by atoms with E-state index in [0.29, 0.717) is 6.61 Å². The van der Waals surface area contributed by atoms with Crippen molar-refractivity contribution in [2.24, 2.45) is 0 Å². The van der Waals surface area contributed by atoms with Crippen LogP contribution in [0.1, 0.15) is 58.3 Å². The molecule has 0 saturated carbocycles. The Morgan fingerprint density at radius 1 is 0.889 bits per heavy atom. The normalized spacial score (nSPS) is 12.4. The van der Waals surface area contributed by atoms with E-state index in [2.05, 4.69) is 12.2 Å². The van der Waals surface area contributed by atoms with E-state index in [1.165, 1.54) is 12.8 Å². The van der Waals surface area contributed by atoms with Crippen LogP contribution in [0.25, 0.3) is 0 Å². The van der Waals surface area contributed by atoms with Gasteiger partial charge in [0.25, 0.3) is 0 Å². The predicted molar refractivity (Wildman–Crippen MR) is 75.6 cm³/mol. The highest BCUT2D eigenvalue weighted by atomic mass is 16.7. The van der Waals surface area contributed by atoms with Crippen molar-refractivity contribution in [1.82, 2.24) is 0 Å². The molecular weight excluding hydrogens is 228 g/mol. The summed E-state index contributed by atoms with van der Waals surface area (Å²) in [7, 11) is 3.39. The summed E-state index contributed by atoms with van der Waals surface area (Å²) in [6.07, 6.45) is 13.2. The molecule has 0 amide bonds. The van der Waals surface area contributed by atoms with Crippen LogP contribution < -0.4 is 0 Å². The number of hydrogen-bond acceptors (Lipinski definition) is 3. The lowest BCUT2D eigenvalue weighted by molar-refractivity contribution is -0.197. The number of unbranched alkanes of at least 4 members (excludes halogenated alkanes) is 5. The summed E-state index contributed by atoms with van der Waals surface area (Å²) >= 11 is 0. The van der Waals surface area contributed by atoms with E-state index in [1.807, 2.05) is 6.92 Å². The summed E-state index contributed by atoms with van der Waals surface area (Å²) in [5, 5.41) is 8.63. The van der Waals surface area contributed by atoms with Crippen molar-refractivity contribution in [2.75, 3.05) is 20.8 Å². The molecule has 3 heteroatoms. The maximum Gasteiger partial charge on any atom is 0.164 e. The maximum absolute atomic E-state index is 8.63. The molecule has 0 unspecified atom stereocenters. The van der Waals surface area contributed by atoms with Crippen molar-refractivity contribution >= 4 is 0 Å². The lowest BCUT2D eigenvalue weighted by Crippen LogP contribution is -2.29. The highest BCUT2D eigenvalue weighted by Crippen LogP contribution is 2.19. The SMILES string of the molecule is COC(C)(CCCCC/C=C\CCCCO)OC. The van der Waals surface area contributed by atoms with Gasteiger partial charge in [-0.1, -0.05) is 18.6 Å². The molecule has 0 aromatic heterocycles. The average Bonchev–Trinajstić information content (AvgIpc) is 2.40. The van der Waals surface area contributed by atoms with E-state index in [-0.39, 0.29) is 0 Å². The minimum absolute atomic E-state index is 0.311. The van der Waals surface area contributed by atoms with Crippen LogP contribution in [0, 0.1) is 0 Å². The van der Waals surface area contributed by atoms with Gasteiger partial charge in [0, 0.05) is 27.2 Å². The fourth-order valence-electron chi connectivity index (χ4n) is 1.78. The molecule has 0 fully saturated rings. The Labute approximate surface area is 112 Å². The maximum atomic E-state index is 8.63. The number of methoxy groups -OCH3 is 2. The minimum Gasteiger partial charge on any atom is -0.396 e. The van der Waals surface area contributed by atoms with Gasteiger partial charge in [-0.2, -0.15) is 0 Å². The number of allylic oxidation sites excluding steroid dienone is 2. The van der Waals surface area contributed by atoms with Gasteiger partial charge in [-0.25, -0.2) is 0 Å². The molecule has 1 N–H and O–H groups in total. The van der Waals surface area contributed by atoms with E-state index >= 15 is 0 Å². The Balaban J connectivity index is 3.35. The summed E-state index contributed by atoms with van der Waals surface area (Å²) in [5.74, 6) is -0.417. The molecule has 0 saturated heterocycles. The third kappa shape index (κ3) is 9.63. The molecule has 0 rings (SSSR count). The smallest absolute Gasteiger partial charge is 0.164 e. The topological polar surface area (TPSA) is 38.7 Å². The van der Waals surface area contributed by atoms with Crippen LogP contribution in [0.4, 0.5) is 0 Å². The van der Waals surface area contributed by atoms with Gasteiger partial charge in [-0.3, -0.25) is 0 Å². The molecule has 0 aliphatic carbocycles. The van der Waals surface area contributed by atoms with Gasteiger partial charge >= 0.3 is 0 Å². The van der Waals surface area contributed by atoms with Crippen molar-refractivity contribution in [1.29, 1.82) is 0 Å². The van der Waals surface area contributed by atoms with Crippen molar-refractivity contribution in [3.63, 3.8) is 0 Å². The lowest BCUT2D eigenvalue weighted by Gasteiger charge is -2.26. The second-order valence-corrected chi connectivity index (χ2v) is 4.83. The fraction of sp³-hybridized carbons (Fsp3) is 0.867. The van der Waals surface area contributed by atoms with Gasteiger partial charge in [-0.15, -0.1) is 0 Å².